The number of ether oxygens (including phenoxy) is 1. The summed E-state index contributed by atoms with van der Waals surface area (Å²) in [6, 6.07) is 5.51. The molecular formula is C21H25ClN2O2. The quantitative estimate of drug-likeness (QED) is 0.833. The van der Waals surface area contributed by atoms with Crippen molar-refractivity contribution in [2.75, 3.05) is 6.61 Å². The van der Waals surface area contributed by atoms with E-state index in [9.17, 15) is 4.79 Å². The molecule has 4 nitrogen and oxygen atoms in total. The number of hydrogen-bond acceptors (Lipinski definition) is 4. The van der Waals surface area contributed by atoms with Gasteiger partial charge in [-0.15, -0.1) is 0 Å². The Bertz CT molecular complexity index is 859. The van der Waals surface area contributed by atoms with E-state index >= 15 is 0 Å². The van der Waals surface area contributed by atoms with E-state index in [0.29, 0.717) is 35.3 Å². The summed E-state index contributed by atoms with van der Waals surface area (Å²) in [6.45, 7) is 8.49. The van der Waals surface area contributed by atoms with Gasteiger partial charge in [0.05, 0.1) is 5.02 Å². The Labute approximate surface area is 159 Å². The van der Waals surface area contributed by atoms with Crippen molar-refractivity contribution >= 4 is 17.4 Å². The van der Waals surface area contributed by atoms with E-state index in [1.54, 1.807) is 12.3 Å². The molecule has 1 atom stereocenters. The molecule has 26 heavy (non-hydrogen) atoms. The third-order valence-corrected chi connectivity index (χ3v) is 5.00. The Morgan fingerprint density at radius 1 is 1.31 bits per heavy atom. The van der Waals surface area contributed by atoms with Crippen molar-refractivity contribution in [3.63, 3.8) is 0 Å². The number of carbonyl (C=O) groups excluding carboxylic acids is 1. The number of ketones is 1. The molecule has 2 aromatic rings. The highest BCUT2D eigenvalue weighted by Crippen LogP contribution is 2.40. The summed E-state index contributed by atoms with van der Waals surface area (Å²) in [5.41, 5.74) is 10.2. The van der Waals surface area contributed by atoms with E-state index < -0.39 is 5.54 Å². The van der Waals surface area contributed by atoms with Crippen LogP contribution < -0.4 is 10.5 Å². The number of halogens is 1. The minimum Gasteiger partial charge on any atom is -0.490 e. The Morgan fingerprint density at radius 2 is 2.04 bits per heavy atom. The number of aromatic nitrogens is 1. The number of hydrogen-bond donors (Lipinski definition) is 1. The molecule has 0 aliphatic heterocycles. The van der Waals surface area contributed by atoms with Crippen LogP contribution in [0.15, 0.2) is 24.4 Å². The first-order valence-electron chi connectivity index (χ1n) is 8.91. The van der Waals surface area contributed by atoms with Crippen molar-refractivity contribution in [3.05, 3.63) is 46.2 Å². The van der Waals surface area contributed by atoms with Gasteiger partial charge in [0, 0.05) is 29.4 Å². The zero-order chi connectivity index (χ0) is 19.1. The Hall–Kier alpha value is -1.91. The largest absolute Gasteiger partial charge is 0.490 e. The average molecular weight is 373 g/mol. The number of nitrogens with zero attached hydrogens (tertiary/aromatic N) is 1. The van der Waals surface area contributed by atoms with Crippen LogP contribution in [-0.2, 0) is 6.42 Å². The minimum absolute atomic E-state index is 0.0582. The van der Waals surface area contributed by atoms with Gasteiger partial charge in [-0.2, -0.15) is 0 Å². The lowest BCUT2D eigenvalue weighted by molar-refractivity contribution is 0.0991. The molecule has 0 unspecified atom stereocenters. The zero-order valence-electron chi connectivity index (χ0n) is 15.7. The van der Waals surface area contributed by atoms with E-state index in [4.69, 9.17) is 22.1 Å². The maximum atomic E-state index is 12.7. The predicted molar refractivity (Wildman–Crippen MR) is 105 cm³/mol. The van der Waals surface area contributed by atoms with Crippen molar-refractivity contribution < 1.29 is 9.53 Å². The van der Waals surface area contributed by atoms with Gasteiger partial charge in [-0.25, -0.2) is 0 Å². The van der Waals surface area contributed by atoms with Gasteiger partial charge in [-0.05, 0) is 61.1 Å². The molecule has 3 rings (SSSR count). The minimum atomic E-state index is -0.452. The fourth-order valence-corrected chi connectivity index (χ4v) is 3.90. The van der Waals surface area contributed by atoms with E-state index in [-0.39, 0.29) is 5.78 Å². The van der Waals surface area contributed by atoms with E-state index in [1.165, 1.54) is 0 Å². The highest BCUT2D eigenvalue weighted by atomic mass is 35.5. The number of fused-ring (bicyclic) bond motifs is 3. The number of aryl methyl sites for hydroxylation is 1. The van der Waals surface area contributed by atoms with Gasteiger partial charge in [0.2, 0.25) is 0 Å². The molecule has 0 saturated heterocycles. The number of nitrogens with two attached hydrogens (primary N) is 1. The van der Waals surface area contributed by atoms with Crippen LogP contribution >= 0.6 is 11.6 Å². The maximum Gasteiger partial charge on any atom is 0.168 e. The summed E-state index contributed by atoms with van der Waals surface area (Å²) in [5, 5.41) is 0.485. The van der Waals surface area contributed by atoms with Crippen molar-refractivity contribution in [2.24, 2.45) is 11.7 Å². The van der Waals surface area contributed by atoms with Gasteiger partial charge in [0.25, 0.3) is 0 Å². The third kappa shape index (κ3) is 3.76. The lowest BCUT2D eigenvalue weighted by Crippen LogP contribution is -2.43. The van der Waals surface area contributed by atoms with Gasteiger partial charge in [0.1, 0.15) is 12.4 Å². The Morgan fingerprint density at radius 3 is 2.73 bits per heavy atom. The molecule has 0 amide bonds. The van der Waals surface area contributed by atoms with E-state index in [1.807, 2.05) is 26.0 Å². The summed E-state index contributed by atoms with van der Waals surface area (Å²) in [4.78, 5) is 17.0. The molecule has 2 N–H and O–H groups in total. The summed E-state index contributed by atoms with van der Waals surface area (Å²) in [6.07, 6.45) is 2.96. The molecule has 1 aromatic heterocycles. The van der Waals surface area contributed by atoms with Crippen LogP contribution in [0.3, 0.4) is 0 Å². The van der Waals surface area contributed by atoms with Crippen LogP contribution in [-0.4, -0.2) is 22.9 Å². The number of benzene rings is 1. The van der Waals surface area contributed by atoms with Crippen LogP contribution in [0.1, 0.15) is 48.8 Å². The smallest absolute Gasteiger partial charge is 0.168 e. The number of carbonyl (C=O) groups is 1. The summed E-state index contributed by atoms with van der Waals surface area (Å²) >= 11 is 6.46. The Balaban J connectivity index is 1.93. The van der Waals surface area contributed by atoms with Crippen molar-refractivity contribution in [2.45, 2.75) is 46.1 Å². The van der Waals surface area contributed by atoms with Crippen LogP contribution in [0.5, 0.6) is 5.75 Å². The van der Waals surface area contributed by atoms with Crippen molar-refractivity contribution in [3.8, 4) is 16.9 Å². The number of rotatable bonds is 5. The number of pyridine rings is 1. The Kier molecular flexibility index (Phi) is 5.09. The van der Waals surface area contributed by atoms with Crippen LogP contribution in [0.2, 0.25) is 5.02 Å². The highest BCUT2D eigenvalue weighted by molar-refractivity contribution is 6.32. The van der Waals surface area contributed by atoms with Crippen LogP contribution in [0, 0.1) is 12.8 Å². The summed E-state index contributed by atoms with van der Waals surface area (Å²) in [5.74, 6) is 1.04. The summed E-state index contributed by atoms with van der Waals surface area (Å²) < 4.78 is 5.91. The second-order valence-corrected chi connectivity index (χ2v) is 8.30. The van der Waals surface area contributed by atoms with Crippen molar-refractivity contribution in [1.29, 1.82) is 0 Å². The summed E-state index contributed by atoms with van der Waals surface area (Å²) in [7, 11) is 0. The zero-order valence-corrected chi connectivity index (χ0v) is 16.5. The lowest BCUT2D eigenvalue weighted by atomic mass is 9.84. The lowest BCUT2D eigenvalue weighted by Gasteiger charge is -2.27. The molecule has 0 fully saturated rings. The average Bonchev–Trinajstić information content (AvgIpc) is 2.53. The predicted octanol–water partition coefficient (Wildman–Crippen LogP) is 4.59. The highest BCUT2D eigenvalue weighted by Gasteiger charge is 2.27. The van der Waals surface area contributed by atoms with E-state index in [2.05, 4.69) is 18.8 Å². The van der Waals surface area contributed by atoms with Gasteiger partial charge in [0.15, 0.2) is 5.78 Å². The molecule has 0 radical (unpaired) electrons. The first-order chi connectivity index (χ1) is 12.2. The molecule has 0 bridgehead atoms. The first kappa shape index (κ1) is 18.9. The van der Waals surface area contributed by atoms with Gasteiger partial charge in [-0.1, -0.05) is 25.4 Å². The van der Waals surface area contributed by atoms with Crippen LogP contribution in [0.4, 0.5) is 0 Å². The molecule has 1 aromatic carbocycles. The topological polar surface area (TPSA) is 65.2 Å². The van der Waals surface area contributed by atoms with Crippen molar-refractivity contribution in [1.82, 2.24) is 4.98 Å². The molecule has 0 spiro atoms. The monoisotopic (exact) mass is 372 g/mol. The first-order valence-corrected chi connectivity index (χ1v) is 9.29. The molecule has 138 valence electrons. The third-order valence-electron chi connectivity index (χ3n) is 4.70. The van der Waals surface area contributed by atoms with Gasteiger partial charge < -0.3 is 10.5 Å². The second kappa shape index (κ2) is 7.01. The molecule has 0 saturated carbocycles. The fraction of sp³-hybridized carbons (Fsp3) is 0.429. The molecule has 5 heteroatoms. The molecule has 1 aliphatic rings. The SMILES string of the molecule is Cc1nccc2c1CC(=O)c1cc(OC[C@@](C)(N)CC(C)C)c(Cl)cc1-2. The normalized spacial score (nSPS) is 15.4. The fourth-order valence-electron chi connectivity index (χ4n) is 3.68. The number of Topliss-reactive ketones (excluding diaryl/α,β-unsaturated/α-hetero) is 1. The maximum absolute atomic E-state index is 12.7. The molecular weight excluding hydrogens is 348 g/mol. The van der Waals surface area contributed by atoms with E-state index in [0.717, 1.165) is 28.8 Å². The standard InChI is InChI=1S/C21H25ClN2O2/c1-12(2)10-21(4,23)11-26-20-9-17-16(7-18(20)22)14-5-6-24-13(3)15(14)8-19(17)25/h5-7,9,12H,8,10-11,23H2,1-4H3/t21-/m0/s1. The second-order valence-electron chi connectivity index (χ2n) is 7.89. The van der Waals surface area contributed by atoms with Crippen LogP contribution in [0.25, 0.3) is 11.1 Å². The van der Waals surface area contributed by atoms with Gasteiger partial charge in [-0.3, -0.25) is 9.78 Å². The molecule has 1 heterocycles. The van der Waals surface area contributed by atoms with Gasteiger partial charge >= 0.3 is 0 Å². The molecule has 1 aliphatic carbocycles.